The standard InChI is InChI=1S/C28H36N4O2S/c1-3-20(2)26-29-27(25-22-12-8-5-9-13-23(22)35-28(25)30-26)32-16-14-31(15-17-32)24(33)19-34-18-21-10-6-4-7-11-21/h4,6-7,10-11,20H,3,5,8-9,12-19H2,1-2H3/t20-/m1/s1. The van der Waals surface area contributed by atoms with E-state index >= 15 is 0 Å². The van der Waals surface area contributed by atoms with Crippen molar-refractivity contribution in [3.63, 3.8) is 0 Å². The highest BCUT2D eigenvalue weighted by Gasteiger charge is 2.27. The number of piperazine rings is 1. The molecule has 2 aromatic heterocycles. The van der Waals surface area contributed by atoms with Crippen molar-refractivity contribution in [3.05, 3.63) is 52.2 Å². The van der Waals surface area contributed by atoms with Gasteiger partial charge >= 0.3 is 0 Å². The maximum Gasteiger partial charge on any atom is 0.248 e. The lowest BCUT2D eigenvalue weighted by Gasteiger charge is -2.36. The van der Waals surface area contributed by atoms with E-state index in [2.05, 4.69) is 18.7 Å². The average molecular weight is 493 g/mol. The third-order valence-electron chi connectivity index (χ3n) is 7.39. The molecule has 0 bridgehead atoms. The summed E-state index contributed by atoms with van der Waals surface area (Å²) in [5, 5.41) is 1.28. The zero-order chi connectivity index (χ0) is 24.2. The number of amides is 1. The summed E-state index contributed by atoms with van der Waals surface area (Å²) in [5.74, 6) is 2.46. The Morgan fingerprint density at radius 1 is 1.06 bits per heavy atom. The number of carbonyl (C=O) groups is 1. The third-order valence-corrected chi connectivity index (χ3v) is 8.57. The lowest BCUT2D eigenvalue weighted by molar-refractivity contribution is -0.136. The van der Waals surface area contributed by atoms with Gasteiger partial charge in [-0.3, -0.25) is 4.79 Å². The fraction of sp³-hybridized carbons (Fsp3) is 0.536. The smallest absolute Gasteiger partial charge is 0.248 e. The molecule has 0 N–H and O–H groups in total. The first-order chi connectivity index (χ1) is 17.1. The molecule has 5 rings (SSSR count). The number of carbonyl (C=O) groups excluding carboxylic acids is 1. The first-order valence-corrected chi connectivity index (χ1v) is 13.9. The van der Waals surface area contributed by atoms with Gasteiger partial charge in [0.15, 0.2) is 0 Å². The van der Waals surface area contributed by atoms with Crippen LogP contribution in [0.4, 0.5) is 5.82 Å². The fourth-order valence-corrected chi connectivity index (χ4v) is 6.32. The van der Waals surface area contributed by atoms with Gasteiger partial charge in [0, 0.05) is 37.0 Å². The molecule has 2 aliphatic rings. The topological polar surface area (TPSA) is 58.6 Å². The number of aromatic nitrogens is 2. The van der Waals surface area contributed by atoms with Crippen molar-refractivity contribution < 1.29 is 9.53 Å². The number of ether oxygens (including phenoxy) is 1. The van der Waals surface area contributed by atoms with Gasteiger partial charge in [0.05, 0.1) is 12.0 Å². The maximum absolute atomic E-state index is 12.8. The molecule has 0 spiro atoms. The van der Waals surface area contributed by atoms with E-state index in [1.54, 1.807) is 0 Å². The van der Waals surface area contributed by atoms with Crippen LogP contribution >= 0.6 is 11.3 Å². The Hall–Kier alpha value is -2.51. The van der Waals surface area contributed by atoms with Crippen LogP contribution in [0.5, 0.6) is 0 Å². The minimum atomic E-state index is 0.0677. The molecular weight excluding hydrogens is 456 g/mol. The zero-order valence-corrected chi connectivity index (χ0v) is 21.8. The monoisotopic (exact) mass is 492 g/mol. The van der Waals surface area contributed by atoms with Gasteiger partial charge in [-0.1, -0.05) is 50.6 Å². The van der Waals surface area contributed by atoms with E-state index in [0.717, 1.165) is 48.0 Å². The van der Waals surface area contributed by atoms with Gasteiger partial charge in [-0.15, -0.1) is 11.3 Å². The number of benzene rings is 1. The van der Waals surface area contributed by atoms with Crippen LogP contribution in [0.3, 0.4) is 0 Å². The van der Waals surface area contributed by atoms with Crippen LogP contribution in [0.1, 0.15) is 67.3 Å². The normalized spacial score (nSPS) is 17.3. The minimum absolute atomic E-state index is 0.0677. The van der Waals surface area contributed by atoms with E-state index in [-0.39, 0.29) is 12.5 Å². The summed E-state index contributed by atoms with van der Waals surface area (Å²) in [7, 11) is 0. The first-order valence-electron chi connectivity index (χ1n) is 13.1. The van der Waals surface area contributed by atoms with Crippen molar-refractivity contribution in [1.29, 1.82) is 0 Å². The SMILES string of the molecule is CC[C@@H](C)c1nc(N2CCN(C(=O)COCc3ccccc3)CC2)c2c3c(sc2n1)CCCCC3. The molecule has 0 radical (unpaired) electrons. The van der Waals surface area contributed by atoms with E-state index in [1.165, 1.54) is 41.5 Å². The molecule has 186 valence electrons. The molecule has 0 saturated carbocycles. The van der Waals surface area contributed by atoms with Crippen LogP contribution < -0.4 is 4.90 Å². The highest BCUT2D eigenvalue weighted by Crippen LogP contribution is 2.40. The average Bonchev–Trinajstić information content (AvgIpc) is 3.09. The number of hydrogen-bond donors (Lipinski definition) is 0. The molecular formula is C28H36N4O2S. The van der Waals surface area contributed by atoms with E-state index in [9.17, 15) is 4.79 Å². The number of anilines is 1. The summed E-state index contributed by atoms with van der Waals surface area (Å²) in [6.07, 6.45) is 7.15. The Kier molecular flexibility index (Phi) is 7.63. The number of thiophene rings is 1. The van der Waals surface area contributed by atoms with Crippen molar-refractivity contribution in [2.75, 3.05) is 37.7 Å². The molecule has 35 heavy (non-hydrogen) atoms. The summed E-state index contributed by atoms with van der Waals surface area (Å²) in [5.41, 5.74) is 2.57. The zero-order valence-electron chi connectivity index (χ0n) is 21.0. The molecule has 0 unspecified atom stereocenters. The number of hydrogen-bond acceptors (Lipinski definition) is 6. The Morgan fingerprint density at radius 3 is 2.60 bits per heavy atom. The van der Waals surface area contributed by atoms with Gasteiger partial charge in [-0.05, 0) is 43.2 Å². The summed E-state index contributed by atoms with van der Waals surface area (Å²) in [6.45, 7) is 7.99. The van der Waals surface area contributed by atoms with Gasteiger partial charge in [-0.2, -0.15) is 0 Å². The van der Waals surface area contributed by atoms with Crippen LogP contribution in [0.2, 0.25) is 0 Å². The van der Waals surface area contributed by atoms with Crippen molar-refractivity contribution in [2.24, 2.45) is 0 Å². The van der Waals surface area contributed by atoms with Gasteiger partial charge in [-0.25, -0.2) is 9.97 Å². The lowest BCUT2D eigenvalue weighted by atomic mass is 10.1. The highest BCUT2D eigenvalue weighted by atomic mass is 32.1. The van der Waals surface area contributed by atoms with Crippen LogP contribution in [0.25, 0.3) is 10.2 Å². The molecule has 3 aromatic rings. The third kappa shape index (κ3) is 5.36. The molecule has 1 aliphatic carbocycles. The van der Waals surface area contributed by atoms with Crippen LogP contribution in [0, 0.1) is 0 Å². The number of rotatable bonds is 7. The van der Waals surface area contributed by atoms with E-state index in [4.69, 9.17) is 14.7 Å². The predicted molar refractivity (Wildman–Crippen MR) is 142 cm³/mol. The predicted octanol–water partition coefficient (Wildman–Crippen LogP) is 5.34. The molecule has 3 heterocycles. The summed E-state index contributed by atoms with van der Waals surface area (Å²) < 4.78 is 5.70. The number of fused-ring (bicyclic) bond motifs is 3. The number of nitrogens with zero attached hydrogens (tertiary/aromatic N) is 4. The van der Waals surface area contributed by atoms with Crippen molar-refractivity contribution in [1.82, 2.24) is 14.9 Å². The molecule has 1 amide bonds. The Balaban J connectivity index is 1.30. The molecule has 1 saturated heterocycles. The first kappa shape index (κ1) is 24.2. The molecule has 1 aromatic carbocycles. The fourth-order valence-electron chi connectivity index (χ4n) is 5.05. The molecule has 1 fully saturated rings. The van der Waals surface area contributed by atoms with E-state index in [1.807, 2.05) is 46.6 Å². The van der Waals surface area contributed by atoms with Crippen LogP contribution in [0.15, 0.2) is 30.3 Å². The van der Waals surface area contributed by atoms with Crippen LogP contribution in [-0.4, -0.2) is 53.6 Å². The highest BCUT2D eigenvalue weighted by molar-refractivity contribution is 7.19. The lowest BCUT2D eigenvalue weighted by Crippen LogP contribution is -2.50. The maximum atomic E-state index is 12.8. The number of aryl methyl sites for hydroxylation is 2. The molecule has 7 heteroatoms. The van der Waals surface area contributed by atoms with E-state index < -0.39 is 0 Å². The second-order valence-corrected chi connectivity index (χ2v) is 10.9. The summed E-state index contributed by atoms with van der Waals surface area (Å²) in [6, 6.07) is 10.00. The largest absolute Gasteiger partial charge is 0.367 e. The molecule has 1 aliphatic heterocycles. The Morgan fingerprint density at radius 2 is 1.83 bits per heavy atom. The summed E-state index contributed by atoms with van der Waals surface area (Å²) in [4.78, 5) is 30.0. The van der Waals surface area contributed by atoms with Gasteiger partial charge in [0.25, 0.3) is 0 Å². The molecule has 6 nitrogen and oxygen atoms in total. The van der Waals surface area contributed by atoms with Gasteiger partial charge in [0.2, 0.25) is 5.91 Å². The van der Waals surface area contributed by atoms with Crippen molar-refractivity contribution >= 4 is 33.3 Å². The van der Waals surface area contributed by atoms with Crippen LogP contribution in [-0.2, 0) is 29.0 Å². The Labute approximate surface area is 212 Å². The van der Waals surface area contributed by atoms with E-state index in [0.29, 0.717) is 25.6 Å². The van der Waals surface area contributed by atoms with Crippen molar-refractivity contribution in [2.45, 2.75) is 64.9 Å². The second-order valence-electron chi connectivity index (χ2n) is 9.81. The minimum Gasteiger partial charge on any atom is -0.367 e. The van der Waals surface area contributed by atoms with Crippen molar-refractivity contribution in [3.8, 4) is 0 Å². The van der Waals surface area contributed by atoms with Gasteiger partial charge in [0.1, 0.15) is 23.1 Å². The molecule has 1 atom stereocenters. The quantitative estimate of drug-likeness (QED) is 0.417. The Bertz CT molecular complexity index is 1150. The summed E-state index contributed by atoms with van der Waals surface area (Å²) >= 11 is 1.89. The van der Waals surface area contributed by atoms with Gasteiger partial charge < -0.3 is 14.5 Å². The second kappa shape index (κ2) is 11.0.